The van der Waals surface area contributed by atoms with Crippen LogP contribution in [-0.4, -0.2) is 30.5 Å². The van der Waals surface area contributed by atoms with E-state index in [4.69, 9.17) is 0 Å². The minimum Gasteiger partial charge on any atom is -0.358 e. The maximum Gasteiger partial charge on any atom is 0.0458 e. The number of hydrogen-bond acceptors (Lipinski definition) is 1. The molecule has 1 aromatic heterocycles. The molecule has 0 aliphatic heterocycles. The van der Waals surface area contributed by atoms with Gasteiger partial charge in [-0.25, -0.2) is 0 Å². The maximum atomic E-state index is 3.45. The second-order valence-electron chi connectivity index (χ2n) is 4.68. The first-order valence-electron chi connectivity index (χ1n) is 5.89. The number of fused-ring (bicyclic) bond motifs is 1. The topological polar surface area (TPSA) is 19.0 Å². The average Bonchev–Trinajstić information content (AvgIpc) is 2.55. The van der Waals surface area contributed by atoms with Gasteiger partial charge in [-0.05, 0) is 52.0 Å². The van der Waals surface area contributed by atoms with Gasteiger partial charge in [-0.15, -0.1) is 0 Å². The number of aryl methyl sites for hydroxylation is 2. The van der Waals surface area contributed by atoms with Crippen molar-refractivity contribution in [2.75, 3.05) is 20.6 Å². The lowest BCUT2D eigenvalue weighted by atomic mass is 10.1. The van der Waals surface area contributed by atoms with Crippen molar-refractivity contribution < 1.29 is 0 Å². The van der Waals surface area contributed by atoms with Gasteiger partial charge < -0.3 is 9.88 Å². The van der Waals surface area contributed by atoms with E-state index in [1.165, 1.54) is 28.6 Å². The number of hydrogen-bond donors (Lipinski definition) is 1. The van der Waals surface area contributed by atoms with Gasteiger partial charge in [0, 0.05) is 16.6 Å². The van der Waals surface area contributed by atoms with Crippen LogP contribution in [0, 0.1) is 6.92 Å². The third-order valence-electron chi connectivity index (χ3n) is 3.06. The highest BCUT2D eigenvalue weighted by Gasteiger charge is 2.07. The summed E-state index contributed by atoms with van der Waals surface area (Å²) in [6.45, 7) is 3.32. The summed E-state index contributed by atoms with van der Waals surface area (Å²) < 4.78 is 0. The summed E-state index contributed by atoms with van der Waals surface area (Å²) in [5, 5.41) is 1.39. The first-order chi connectivity index (χ1) is 7.68. The van der Waals surface area contributed by atoms with Crippen molar-refractivity contribution >= 4 is 10.9 Å². The smallest absolute Gasteiger partial charge is 0.0458 e. The van der Waals surface area contributed by atoms with Crippen LogP contribution in [0.1, 0.15) is 17.7 Å². The van der Waals surface area contributed by atoms with Crippen LogP contribution in [0.5, 0.6) is 0 Å². The zero-order valence-electron chi connectivity index (χ0n) is 10.4. The third kappa shape index (κ3) is 2.27. The fraction of sp³-hybridized carbons (Fsp3) is 0.429. The van der Waals surface area contributed by atoms with E-state index in [-0.39, 0.29) is 0 Å². The van der Waals surface area contributed by atoms with Crippen LogP contribution in [0.4, 0.5) is 0 Å². The Morgan fingerprint density at radius 1 is 1.19 bits per heavy atom. The molecule has 0 aliphatic carbocycles. The summed E-state index contributed by atoms with van der Waals surface area (Å²) in [5.41, 5.74) is 4.07. The van der Waals surface area contributed by atoms with E-state index >= 15 is 0 Å². The highest BCUT2D eigenvalue weighted by atomic mass is 15.0. The minimum absolute atomic E-state index is 1.15. The molecule has 2 nitrogen and oxygen atoms in total. The van der Waals surface area contributed by atoms with Crippen LogP contribution < -0.4 is 0 Å². The van der Waals surface area contributed by atoms with E-state index in [1.807, 2.05) is 0 Å². The van der Waals surface area contributed by atoms with Gasteiger partial charge in [0.15, 0.2) is 0 Å². The van der Waals surface area contributed by atoms with E-state index in [0.29, 0.717) is 0 Å². The molecule has 2 heteroatoms. The lowest BCUT2D eigenvalue weighted by molar-refractivity contribution is 0.400. The minimum atomic E-state index is 1.15. The molecule has 86 valence electrons. The molecule has 0 saturated carbocycles. The predicted octanol–water partition coefficient (Wildman–Crippen LogP) is 2.97. The maximum absolute atomic E-state index is 3.45. The Balaban J connectivity index is 2.19. The van der Waals surface area contributed by atoms with Crippen molar-refractivity contribution in [3.63, 3.8) is 0 Å². The molecule has 0 unspecified atom stereocenters. The molecule has 2 aromatic rings. The predicted molar refractivity (Wildman–Crippen MR) is 69.9 cm³/mol. The van der Waals surface area contributed by atoms with Crippen LogP contribution in [-0.2, 0) is 6.42 Å². The molecule has 0 atom stereocenters. The first kappa shape index (κ1) is 11.2. The van der Waals surface area contributed by atoms with E-state index in [2.05, 4.69) is 55.2 Å². The van der Waals surface area contributed by atoms with Crippen molar-refractivity contribution in [3.05, 3.63) is 35.5 Å². The van der Waals surface area contributed by atoms with Gasteiger partial charge in [0.2, 0.25) is 0 Å². The molecule has 1 aromatic carbocycles. The standard InChI is InChI=1S/C14H20N2/c1-11-12(8-6-10-16(2)3)13-7-4-5-9-14(13)15-11/h4-5,7,9,15H,6,8,10H2,1-3H3. The molecule has 0 fully saturated rings. The molecule has 0 bridgehead atoms. The average molecular weight is 216 g/mol. The number of aromatic nitrogens is 1. The van der Waals surface area contributed by atoms with E-state index in [1.54, 1.807) is 0 Å². The second kappa shape index (κ2) is 4.71. The SMILES string of the molecule is Cc1[nH]c2ccccc2c1CCCN(C)C. The van der Waals surface area contributed by atoms with Gasteiger partial charge in [0.05, 0.1) is 0 Å². The number of H-pyrrole nitrogens is 1. The highest BCUT2D eigenvalue weighted by molar-refractivity contribution is 5.84. The van der Waals surface area contributed by atoms with Crippen LogP contribution in [0.25, 0.3) is 10.9 Å². The fourth-order valence-electron chi connectivity index (χ4n) is 2.23. The largest absolute Gasteiger partial charge is 0.358 e. The molecule has 0 radical (unpaired) electrons. The van der Waals surface area contributed by atoms with Crippen LogP contribution in [0.2, 0.25) is 0 Å². The van der Waals surface area contributed by atoms with Gasteiger partial charge in [-0.1, -0.05) is 18.2 Å². The molecular weight excluding hydrogens is 196 g/mol. The lowest BCUT2D eigenvalue weighted by Crippen LogP contribution is -2.13. The third-order valence-corrected chi connectivity index (χ3v) is 3.06. The molecule has 2 rings (SSSR count). The van der Waals surface area contributed by atoms with Gasteiger partial charge in [0.1, 0.15) is 0 Å². The first-order valence-corrected chi connectivity index (χ1v) is 5.89. The van der Waals surface area contributed by atoms with Crippen molar-refractivity contribution in [1.82, 2.24) is 9.88 Å². The quantitative estimate of drug-likeness (QED) is 0.832. The number of nitrogens with one attached hydrogen (secondary N) is 1. The Labute approximate surface area is 97.3 Å². The summed E-state index contributed by atoms with van der Waals surface area (Å²) in [6.07, 6.45) is 2.38. The number of aromatic amines is 1. The van der Waals surface area contributed by atoms with E-state index < -0.39 is 0 Å². The van der Waals surface area contributed by atoms with Crippen LogP contribution in [0.15, 0.2) is 24.3 Å². The number of para-hydroxylation sites is 1. The number of rotatable bonds is 4. The monoisotopic (exact) mass is 216 g/mol. The summed E-state index contributed by atoms with van der Waals surface area (Å²) in [7, 11) is 4.25. The van der Waals surface area contributed by atoms with Gasteiger partial charge >= 0.3 is 0 Å². The number of benzene rings is 1. The Morgan fingerprint density at radius 3 is 2.69 bits per heavy atom. The Kier molecular flexibility index (Phi) is 3.30. The fourth-order valence-corrected chi connectivity index (χ4v) is 2.23. The summed E-state index contributed by atoms with van der Waals surface area (Å²) >= 11 is 0. The molecule has 1 N–H and O–H groups in total. The van der Waals surface area contributed by atoms with Crippen molar-refractivity contribution in [1.29, 1.82) is 0 Å². The zero-order chi connectivity index (χ0) is 11.5. The van der Waals surface area contributed by atoms with Gasteiger partial charge in [-0.2, -0.15) is 0 Å². The van der Waals surface area contributed by atoms with Crippen LogP contribution in [0.3, 0.4) is 0 Å². The van der Waals surface area contributed by atoms with Crippen molar-refractivity contribution in [2.45, 2.75) is 19.8 Å². The molecular formula is C14H20N2. The Bertz CT molecular complexity index is 469. The Hall–Kier alpha value is -1.28. The van der Waals surface area contributed by atoms with E-state index in [0.717, 1.165) is 13.0 Å². The Morgan fingerprint density at radius 2 is 1.94 bits per heavy atom. The van der Waals surface area contributed by atoms with Gasteiger partial charge in [0.25, 0.3) is 0 Å². The molecule has 0 amide bonds. The summed E-state index contributed by atoms with van der Waals surface area (Å²) in [5.74, 6) is 0. The molecule has 0 saturated heterocycles. The lowest BCUT2D eigenvalue weighted by Gasteiger charge is -2.08. The second-order valence-corrected chi connectivity index (χ2v) is 4.68. The normalized spacial score (nSPS) is 11.5. The zero-order valence-corrected chi connectivity index (χ0v) is 10.4. The van der Waals surface area contributed by atoms with Crippen LogP contribution >= 0.6 is 0 Å². The van der Waals surface area contributed by atoms with Gasteiger partial charge in [-0.3, -0.25) is 0 Å². The molecule has 0 aliphatic rings. The summed E-state index contributed by atoms with van der Waals surface area (Å²) in [6, 6.07) is 8.56. The molecule has 0 spiro atoms. The highest BCUT2D eigenvalue weighted by Crippen LogP contribution is 2.22. The molecule has 16 heavy (non-hydrogen) atoms. The molecule has 1 heterocycles. The van der Waals surface area contributed by atoms with Crippen molar-refractivity contribution in [3.8, 4) is 0 Å². The number of nitrogens with zero attached hydrogens (tertiary/aromatic N) is 1. The summed E-state index contributed by atoms with van der Waals surface area (Å²) in [4.78, 5) is 5.69. The van der Waals surface area contributed by atoms with Crippen molar-refractivity contribution in [2.24, 2.45) is 0 Å². The van der Waals surface area contributed by atoms with E-state index in [9.17, 15) is 0 Å².